The lowest BCUT2D eigenvalue weighted by Crippen LogP contribution is -2.54. The maximum Gasteiger partial charge on any atom is 0.0171 e. The van der Waals surface area contributed by atoms with Gasteiger partial charge in [-0.3, -0.25) is 4.90 Å². The minimum atomic E-state index is -0.0346. The molecule has 0 aromatic carbocycles. The molecule has 2 nitrogen and oxygen atoms in total. The van der Waals surface area contributed by atoms with Crippen LogP contribution >= 0.6 is 0 Å². The molecule has 2 aliphatic rings. The Morgan fingerprint density at radius 3 is 2.05 bits per heavy atom. The molecule has 1 aliphatic carbocycles. The van der Waals surface area contributed by atoms with Gasteiger partial charge in [0.05, 0.1) is 0 Å². The Kier molecular flexibility index (Phi) is 6.13. The number of likely N-dealkylation sites (tertiary alicyclic amines) is 1. The first-order chi connectivity index (χ1) is 10.3. The normalized spacial score (nSPS) is 31.3. The highest BCUT2D eigenvalue weighted by molar-refractivity contribution is 4.98. The molecule has 1 saturated heterocycles. The van der Waals surface area contributed by atoms with Crippen LogP contribution in [0.4, 0.5) is 0 Å². The molecule has 0 bridgehead atoms. The first kappa shape index (κ1) is 18.0. The van der Waals surface area contributed by atoms with Crippen molar-refractivity contribution in [2.24, 2.45) is 17.6 Å². The van der Waals surface area contributed by atoms with Gasteiger partial charge in [0, 0.05) is 11.1 Å². The van der Waals surface area contributed by atoms with Gasteiger partial charge in [0.2, 0.25) is 0 Å². The third-order valence-corrected chi connectivity index (χ3v) is 6.30. The van der Waals surface area contributed by atoms with Crippen LogP contribution in [0.25, 0.3) is 0 Å². The maximum atomic E-state index is 6.89. The van der Waals surface area contributed by atoms with Gasteiger partial charge in [-0.2, -0.15) is 0 Å². The van der Waals surface area contributed by atoms with Gasteiger partial charge in [-0.1, -0.05) is 18.9 Å². The summed E-state index contributed by atoms with van der Waals surface area (Å²) < 4.78 is 0. The minimum Gasteiger partial charge on any atom is -0.325 e. The van der Waals surface area contributed by atoms with Gasteiger partial charge < -0.3 is 5.73 Å². The van der Waals surface area contributed by atoms with E-state index in [-0.39, 0.29) is 11.1 Å². The SMILES string of the molecule is C=CC1CCCC(C(C)(N)CC(C)(C)N2CCCC2)CCC1. The van der Waals surface area contributed by atoms with Gasteiger partial charge in [-0.25, -0.2) is 0 Å². The number of nitrogens with two attached hydrogens (primary N) is 1. The van der Waals surface area contributed by atoms with Crippen molar-refractivity contribution in [3.8, 4) is 0 Å². The highest BCUT2D eigenvalue weighted by Gasteiger charge is 2.39. The van der Waals surface area contributed by atoms with Crippen molar-refractivity contribution in [3.05, 3.63) is 12.7 Å². The molecule has 1 heterocycles. The lowest BCUT2D eigenvalue weighted by Gasteiger charge is -2.45. The van der Waals surface area contributed by atoms with Crippen LogP contribution in [0.1, 0.15) is 78.6 Å². The zero-order valence-corrected chi connectivity index (χ0v) is 15.2. The molecule has 2 fully saturated rings. The van der Waals surface area contributed by atoms with E-state index >= 15 is 0 Å². The standard InChI is InChI=1S/C20H38N2/c1-5-17-10-8-12-18(13-9-11-17)20(4,21)16-19(2,3)22-14-6-7-15-22/h5,17-18H,1,6-16,21H2,2-4H3. The van der Waals surface area contributed by atoms with Gasteiger partial charge >= 0.3 is 0 Å². The van der Waals surface area contributed by atoms with Crippen LogP contribution in [0.2, 0.25) is 0 Å². The van der Waals surface area contributed by atoms with E-state index in [2.05, 4.69) is 38.3 Å². The molecular formula is C20H38N2. The summed E-state index contributed by atoms with van der Waals surface area (Å²) in [5.74, 6) is 1.42. The number of rotatable bonds is 5. The highest BCUT2D eigenvalue weighted by Crippen LogP contribution is 2.37. The topological polar surface area (TPSA) is 29.3 Å². The lowest BCUT2D eigenvalue weighted by molar-refractivity contribution is 0.0879. The summed E-state index contributed by atoms with van der Waals surface area (Å²) >= 11 is 0. The van der Waals surface area contributed by atoms with Crippen LogP contribution in [0.5, 0.6) is 0 Å². The van der Waals surface area contributed by atoms with Gasteiger partial charge in [-0.15, -0.1) is 6.58 Å². The van der Waals surface area contributed by atoms with Crippen molar-refractivity contribution < 1.29 is 0 Å². The van der Waals surface area contributed by atoms with E-state index in [4.69, 9.17) is 5.73 Å². The average Bonchev–Trinajstić information content (AvgIpc) is 2.91. The molecule has 0 spiro atoms. The fourth-order valence-electron chi connectivity index (χ4n) is 4.95. The molecule has 0 amide bonds. The summed E-state index contributed by atoms with van der Waals surface area (Å²) in [6.07, 6.45) is 13.9. The number of hydrogen-bond donors (Lipinski definition) is 1. The highest BCUT2D eigenvalue weighted by atomic mass is 15.2. The molecule has 2 rings (SSSR count). The molecule has 1 aliphatic heterocycles. The molecule has 1 unspecified atom stereocenters. The maximum absolute atomic E-state index is 6.89. The van der Waals surface area contributed by atoms with Gasteiger partial charge in [-0.05, 0) is 90.6 Å². The first-order valence-electron chi connectivity index (χ1n) is 9.52. The van der Waals surface area contributed by atoms with E-state index in [0.717, 1.165) is 12.3 Å². The summed E-state index contributed by atoms with van der Waals surface area (Å²) in [7, 11) is 0. The zero-order chi connectivity index (χ0) is 16.2. The molecular weight excluding hydrogens is 268 g/mol. The molecule has 2 N–H and O–H groups in total. The third-order valence-electron chi connectivity index (χ3n) is 6.30. The molecule has 0 aromatic heterocycles. The fraction of sp³-hybridized carbons (Fsp3) is 0.900. The second-order valence-electron chi connectivity index (χ2n) is 8.74. The van der Waals surface area contributed by atoms with E-state index in [9.17, 15) is 0 Å². The van der Waals surface area contributed by atoms with Crippen LogP contribution in [0.3, 0.4) is 0 Å². The van der Waals surface area contributed by atoms with E-state index in [1.54, 1.807) is 0 Å². The second-order valence-corrected chi connectivity index (χ2v) is 8.74. The Morgan fingerprint density at radius 2 is 1.55 bits per heavy atom. The van der Waals surface area contributed by atoms with Crippen molar-refractivity contribution in [2.75, 3.05) is 13.1 Å². The monoisotopic (exact) mass is 306 g/mol. The van der Waals surface area contributed by atoms with Gasteiger partial charge in [0.1, 0.15) is 0 Å². The van der Waals surface area contributed by atoms with Crippen molar-refractivity contribution in [2.45, 2.75) is 89.6 Å². The first-order valence-corrected chi connectivity index (χ1v) is 9.52. The van der Waals surface area contributed by atoms with Crippen LogP contribution in [-0.4, -0.2) is 29.1 Å². The summed E-state index contributed by atoms with van der Waals surface area (Å²) in [6.45, 7) is 13.6. The van der Waals surface area contributed by atoms with Crippen LogP contribution in [-0.2, 0) is 0 Å². The van der Waals surface area contributed by atoms with E-state index < -0.39 is 0 Å². The molecule has 0 radical (unpaired) electrons. The van der Waals surface area contributed by atoms with Gasteiger partial charge in [0.15, 0.2) is 0 Å². The predicted molar refractivity (Wildman–Crippen MR) is 97.0 cm³/mol. The number of allylic oxidation sites excluding steroid dienone is 1. The minimum absolute atomic E-state index is 0.0346. The van der Waals surface area contributed by atoms with E-state index in [1.807, 2.05) is 0 Å². The zero-order valence-electron chi connectivity index (χ0n) is 15.2. The molecule has 0 aromatic rings. The fourth-order valence-corrected chi connectivity index (χ4v) is 4.95. The molecule has 2 heteroatoms. The molecule has 22 heavy (non-hydrogen) atoms. The number of nitrogens with zero attached hydrogens (tertiary/aromatic N) is 1. The molecule has 1 atom stereocenters. The average molecular weight is 307 g/mol. The Labute approximate surface area is 138 Å². The smallest absolute Gasteiger partial charge is 0.0171 e. The van der Waals surface area contributed by atoms with Crippen molar-refractivity contribution in [1.29, 1.82) is 0 Å². The predicted octanol–water partition coefficient (Wildman–Crippen LogP) is 4.74. The third kappa shape index (κ3) is 4.58. The van der Waals surface area contributed by atoms with Crippen LogP contribution in [0, 0.1) is 11.8 Å². The molecule has 1 saturated carbocycles. The van der Waals surface area contributed by atoms with E-state index in [0.29, 0.717) is 5.92 Å². The number of hydrogen-bond acceptors (Lipinski definition) is 2. The second kappa shape index (κ2) is 7.49. The Morgan fingerprint density at radius 1 is 1.00 bits per heavy atom. The summed E-state index contributed by atoms with van der Waals surface area (Å²) in [5, 5.41) is 0. The summed E-state index contributed by atoms with van der Waals surface area (Å²) in [4.78, 5) is 2.66. The van der Waals surface area contributed by atoms with Crippen molar-refractivity contribution in [3.63, 3.8) is 0 Å². The van der Waals surface area contributed by atoms with Crippen LogP contribution < -0.4 is 5.73 Å². The Balaban J connectivity index is 1.94. The van der Waals surface area contributed by atoms with Crippen LogP contribution in [0.15, 0.2) is 12.7 Å². The largest absolute Gasteiger partial charge is 0.325 e. The molecule has 128 valence electrons. The van der Waals surface area contributed by atoms with Crippen molar-refractivity contribution >= 4 is 0 Å². The van der Waals surface area contributed by atoms with Gasteiger partial charge in [0.25, 0.3) is 0 Å². The Bertz CT molecular complexity index is 343. The summed E-state index contributed by atoms with van der Waals surface area (Å²) in [6, 6.07) is 0. The quantitative estimate of drug-likeness (QED) is 0.743. The lowest BCUT2D eigenvalue weighted by atomic mass is 9.71. The Hall–Kier alpha value is -0.340. The van der Waals surface area contributed by atoms with E-state index in [1.165, 1.54) is 64.5 Å². The van der Waals surface area contributed by atoms with Crippen molar-refractivity contribution in [1.82, 2.24) is 4.90 Å². The summed E-state index contributed by atoms with van der Waals surface area (Å²) in [5.41, 5.74) is 7.09.